The van der Waals surface area contributed by atoms with Crippen molar-refractivity contribution in [3.05, 3.63) is 29.3 Å². The second kappa shape index (κ2) is 7.51. The van der Waals surface area contributed by atoms with Gasteiger partial charge in [0.05, 0.1) is 12.7 Å². The molecule has 0 bridgehead atoms. The normalized spacial score (nSPS) is 25.7. The minimum absolute atomic E-state index is 0.0617. The van der Waals surface area contributed by atoms with Crippen LogP contribution in [0.5, 0.6) is 5.75 Å². The summed E-state index contributed by atoms with van der Waals surface area (Å²) >= 11 is 5.91. The van der Waals surface area contributed by atoms with Crippen LogP contribution in [-0.2, 0) is 9.53 Å². The maximum absolute atomic E-state index is 12.2. The number of fused-ring (bicyclic) bond motifs is 1. The topological polar surface area (TPSA) is 50.8 Å². The monoisotopic (exact) mass is 338 g/mol. The lowest BCUT2D eigenvalue weighted by atomic mass is 10.2. The highest BCUT2D eigenvalue weighted by atomic mass is 35.5. The second-order valence-corrected chi connectivity index (χ2v) is 6.65. The van der Waals surface area contributed by atoms with Crippen LogP contribution in [0.2, 0.25) is 5.02 Å². The molecule has 1 amide bonds. The highest BCUT2D eigenvalue weighted by molar-refractivity contribution is 6.30. The van der Waals surface area contributed by atoms with Gasteiger partial charge in [0.1, 0.15) is 5.75 Å². The molecule has 3 rings (SSSR count). The van der Waals surface area contributed by atoms with Gasteiger partial charge in [0, 0.05) is 24.2 Å². The summed E-state index contributed by atoms with van der Waals surface area (Å²) < 4.78 is 11.5. The zero-order valence-electron chi connectivity index (χ0n) is 13.3. The van der Waals surface area contributed by atoms with Gasteiger partial charge >= 0.3 is 0 Å². The molecule has 5 nitrogen and oxygen atoms in total. The molecule has 2 aliphatic heterocycles. The molecule has 2 aliphatic rings. The Labute approximate surface area is 141 Å². The third-order valence-electron chi connectivity index (χ3n) is 4.44. The first-order chi connectivity index (χ1) is 11.1. The number of nitrogens with one attached hydrogen (secondary N) is 1. The minimum Gasteiger partial charge on any atom is -0.481 e. The number of ether oxygens (including phenoxy) is 2. The number of carbonyl (C=O) groups is 1. The minimum atomic E-state index is -0.573. The molecule has 3 unspecified atom stereocenters. The number of halogens is 1. The number of hydrogen-bond acceptors (Lipinski definition) is 4. The highest BCUT2D eigenvalue weighted by Crippen LogP contribution is 2.22. The number of morpholine rings is 1. The molecule has 0 saturated carbocycles. The average molecular weight is 339 g/mol. The summed E-state index contributed by atoms with van der Waals surface area (Å²) in [5.41, 5.74) is 0. The maximum Gasteiger partial charge on any atom is 0.260 e. The lowest BCUT2D eigenvalue weighted by Gasteiger charge is -2.35. The fraction of sp³-hybridized carbons (Fsp3) is 0.588. The van der Waals surface area contributed by atoms with E-state index in [1.807, 2.05) is 0 Å². The Bertz CT molecular complexity index is 554. The molecule has 0 radical (unpaired) electrons. The average Bonchev–Trinajstić information content (AvgIpc) is 3.00. The Morgan fingerprint density at radius 3 is 3.26 bits per heavy atom. The molecule has 23 heavy (non-hydrogen) atoms. The van der Waals surface area contributed by atoms with Crippen LogP contribution in [0, 0.1) is 0 Å². The van der Waals surface area contributed by atoms with Crippen LogP contribution in [0.15, 0.2) is 24.3 Å². The Balaban J connectivity index is 1.43. The van der Waals surface area contributed by atoms with E-state index < -0.39 is 6.10 Å². The molecule has 2 saturated heterocycles. The van der Waals surface area contributed by atoms with E-state index in [9.17, 15) is 4.79 Å². The predicted molar refractivity (Wildman–Crippen MR) is 88.9 cm³/mol. The summed E-state index contributed by atoms with van der Waals surface area (Å²) in [6.07, 6.45) is 1.96. The first-order valence-corrected chi connectivity index (χ1v) is 8.55. The third-order valence-corrected chi connectivity index (χ3v) is 4.68. The molecular weight excluding hydrogens is 316 g/mol. The van der Waals surface area contributed by atoms with Gasteiger partial charge in [-0.1, -0.05) is 17.7 Å². The lowest BCUT2D eigenvalue weighted by molar-refractivity contribution is -0.128. The van der Waals surface area contributed by atoms with Crippen LogP contribution in [0.1, 0.15) is 19.8 Å². The fourth-order valence-electron chi connectivity index (χ4n) is 3.17. The van der Waals surface area contributed by atoms with Gasteiger partial charge in [-0.05, 0) is 44.5 Å². The molecule has 0 spiro atoms. The molecule has 1 aromatic rings. The first-order valence-electron chi connectivity index (χ1n) is 8.17. The summed E-state index contributed by atoms with van der Waals surface area (Å²) in [6, 6.07) is 7.62. The van der Waals surface area contributed by atoms with Crippen molar-refractivity contribution in [2.45, 2.75) is 38.0 Å². The van der Waals surface area contributed by atoms with Crippen LogP contribution in [0.25, 0.3) is 0 Å². The molecule has 1 aromatic carbocycles. The number of benzene rings is 1. The number of hydrogen-bond donors (Lipinski definition) is 1. The van der Waals surface area contributed by atoms with Crippen LogP contribution in [0.4, 0.5) is 0 Å². The first kappa shape index (κ1) is 16.6. The SMILES string of the molecule is CC(Oc1cccc(Cl)c1)C(=O)NCC1CN2CCCC2CO1. The standard InChI is InChI=1S/C17H23ClN2O3/c1-12(23-15-6-2-4-13(18)8-15)17(21)19-9-16-10-20-7-3-5-14(20)11-22-16/h2,4,6,8,12,14,16H,3,5,7,9-11H2,1H3,(H,19,21). The Morgan fingerprint density at radius 1 is 1.57 bits per heavy atom. The quantitative estimate of drug-likeness (QED) is 0.893. The second-order valence-electron chi connectivity index (χ2n) is 6.21. The number of carbonyl (C=O) groups excluding carboxylic acids is 1. The van der Waals surface area contributed by atoms with Gasteiger partial charge in [0.2, 0.25) is 0 Å². The molecule has 3 atom stereocenters. The summed E-state index contributed by atoms with van der Waals surface area (Å²) in [4.78, 5) is 14.6. The smallest absolute Gasteiger partial charge is 0.260 e. The van der Waals surface area contributed by atoms with Crippen molar-refractivity contribution in [3.63, 3.8) is 0 Å². The van der Waals surface area contributed by atoms with Gasteiger partial charge in [0.15, 0.2) is 6.10 Å². The van der Waals surface area contributed by atoms with Gasteiger partial charge in [-0.15, -0.1) is 0 Å². The third kappa shape index (κ3) is 4.37. The van der Waals surface area contributed by atoms with Gasteiger partial charge < -0.3 is 14.8 Å². The number of rotatable bonds is 5. The summed E-state index contributed by atoms with van der Waals surface area (Å²) in [6.45, 7) is 5.07. The molecule has 6 heteroatoms. The fourth-order valence-corrected chi connectivity index (χ4v) is 3.35. The summed E-state index contributed by atoms with van der Waals surface area (Å²) in [5, 5.41) is 3.51. The molecular formula is C17H23ClN2O3. The van der Waals surface area contributed by atoms with Crippen molar-refractivity contribution in [3.8, 4) is 5.75 Å². The zero-order chi connectivity index (χ0) is 16.2. The van der Waals surface area contributed by atoms with Crippen LogP contribution in [0.3, 0.4) is 0 Å². The van der Waals surface area contributed by atoms with Gasteiger partial charge in [-0.2, -0.15) is 0 Å². The van der Waals surface area contributed by atoms with E-state index in [1.165, 1.54) is 12.8 Å². The van der Waals surface area contributed by atoms with Crippen LogP contribution in [-0.4, -0.2) is 55.3 Å². The molecule has 0 aromatic heterocycles. The van der Waals surface area contributed by atoms with E-state index in [2.05, 4.69) is 10.2 Å². The van der Waals surface area contributed by atoms with Gasteiger partial charge in [0.25, 0.3) is 5.91 Å². The van der Waals surface area contributed by atoms with E-state index in [4.69, 9.17) is 21.1 Å². The van der Waals surface area contributed by atoms with Crippen LogP contribution >= 0.6 is 11.6 Å². The Kier molecular flexibility index (Phi) is 5.41. The summed E-state index contributed by atoms with van der Waals surface area (Å²) in [5.74, 6) is 0.450. The van der Waals surface area contributed by atoms with Crippen molar-refractivity contribution in [1.29, 1.82) is 0 Å². The zero-order valence-corrected chi connectivity index (χ0v) is 14.1. The van der Waals surface area contributed by atoms with E-state index in [1.54, 1.807) is 31.2 Å². The van der Waals surface area contributed by atoms with E-state index in [-0.39, 0.29) is 12.0 Å². The van der Waals surface area contributed by atoms with Crippen LogP contribution < -0.4 is 10.1 Å². The van der Waals surface area contributed by atoms with Crippen molar-refractivity contribution in [2.24, 2.45) is 0 Å². The van der Waals surface area contributed by atoms with Gasteiger partial charge in [-0.25, -0.2) is 0 Å². The molecule has 2 fully saturated rings. The highest BCUT2D eigenvalue weighted by Gasteiger charge is 2.32. The maximum atomic E-state index is 12.2. The molecule has 2 heterocycles. The van der Waals surface area contributed by atoms with E-state index in [0.717, 1.165) is 19.7 Å². The summed E-state index contributed by atoms with van der Waals surface area (Å²) in [7, 11) is 0. The predicted octanol–water partition coefficient (Wildman–Crippen LogP) is 2.09. The molecule has 126 valence electrons. The van der Waals surface area contributed by atoms with Gasteiger partial charge in [-0.3, -0.25) is 9.69 Å². The molecule has 0 aliphatic carbocycles. The lowest BCUT2D eigenvalue weighted by Crippen LogP contribution is -2.51. The number of amides is 1. The van der Waals surface area contributed by atoms with Crippen molar-refractivity contribution >= 4 is 17.5 Å². The number of nitrogens with zero attached hydrogens (tertiary/aromatic N) is 1. The largest absolute Gasteiger partial charge is 0.481 e. The molecule has 1 N–H and O–H groups in total. The Morgan fingerprint density at radius 2 is 2.43 bits per heavy atom. The van der Waals surface area contributed by atoms with Crippen molar-refractivity contribution < 1.29 is 14.3 Å². The van der Waals surface area contributed by atoms with Crippen molar-refractivity contribution in [1.82, 2.24) is 10.2 Å². The van der Waals surface area contributed by atoms with E-state index >= 15 is 0 Å². The Hall–Kier alpha value is -1.30. The van der Waals surface area contributed by atoms with E-state index in [0.29, 0.717) is 23.4 Å². The van der Waals surface area contributed by atoms with Crippen molar-refractivity contribution in [2.75, 3.05) is 26.2 Å².